The molecule has 1 aliphatic rings. The molecule has 1 aliphatic carbocycles. The second-order valence-electron chi connectivity index (χ2n) is 4.75. The van der Waals surface area contributed by atoms with Gasteiger partial charge in [0.25, 0.3) is 0 Å². The average molecular weight is 346 g/mol. The molecule has 0 heterocycles. The topological polar surface area (TPSA) is 0 Å². The summed E-state index contributed by atoms with van der Waals surface area (Å²) in [6.45, 7) is 0. The zero-order valence-corrected chi connectivity index (χ0v) is 12.6. The molecule has 2 rings (SSSR count). The molecule has 88 valence electrons. The Morgan fingerprint density at radius 3 is 2.75 bits per heavy atom. The summed E-state index contributed by atoms with van der Waals surface area (Å²) >= 11 is 7.41. The lowest BCUT2D eigenvalue weighted by molar-refractivity contribution is 0.475. The van der Waals surface area contributed by atoms with Crippen LogP contribution in [0.3, 0.4) is 0 Å². The highest BCUT2D eigenvalue weighted by atomic mass is 79.9. The molecule has 0 saturated heterocycles. The normalized spacial score (nSPS) is 26.4. The van der Waals surface area contributed by atoms with Crippen LogP contribution in [-0.2, 0) is 6.42 Å². The second kappa shape index (κ2) is 6.20. The van der Waals surface area contributed by atoms with Gasteiger partial charge in [0.2, 0.25) is 0 Å². The molecule has 0 N–H and O–H groups in total. The van der Waals surface area contributed by atoms with Gasteiger partial charge in [0.1, 0.15) is 0 Å². The fourth-order valence-electron chi connectivity index (χ4n) is 2.54. The third kappa shape index (κ3) is 3.59. The molecule has 0 nitrogen and oxygen atoms in total. The van der Waals surface area contributed by atoms with Gasteiger partial charge in [-0.1, -0.05) is 63.3 Å². The van der Waals surface area contributed by atoms with Crippen molar-refractivity contribution in [1.29, 1.82) is 0 Å². The Hall–Kier alpha value is 0.180. The summed E-state index contributed by atoms with van der Waals surface area (Å²) in [6, 6.07) is 8.74. The molecule has 1 saturated carbocycles. The van der Waals surface area contributed by atoms with Crippen molar-refractivity contribution in [2.45, 2.75) is 43.4 Å². The number of halogens is 2. The molecule has 0 bridgehead atoms. The van der Waals surface area contributed by atoms with Gasteiger partial charge in [0.15, 0.2) is 0 Å². The van der Waals surface area contributed by atoms with Crippen LogP contribution in [0.4, 0.5) is 0 Å². The van der Waals surface area contributed by atoms with E-state index in [4.69, 9.17) is 0 Å². The van der Waals surface area contributed by atoms with Crippen molar-refractivity contribution in [1.82, 2.24) is 0 Å². The van der Waals surface area contributed by atoms with Crippen LogP contribution in [-0.4, -0.2) is 4.83 Å². The zero-order chi connectivity index (χ0) is 11.4. The van der Waals surface area contributed by atoms with Crippen LogP contribution in [0, 0.1) is 5.92 Å². The number of alkyl halides is 1. The van der Waals surface area contributed by atoms with Gasteiger partial charge in [-0.3, -0.25) is 0 Å². The predicted molar refractivity (Wildman–Crippen MR) is 77.1 cm³/mol. The maximum absolute atomic E-state index is 3.87. The Bertz CT molecular complexity index is 335. The zero-order valence-electron chi connectivity index (χ0n) is 9.46. The van der Waals surface area contributed by atoms with E-state index in [1.807, 2.05) is 0 Å². The quantitative estimate of drug-likeness (QED) is 0.501. The van der Waals surface area contributed by atoms with Crippen LogP contribution < -0.4 is 0 Å². The third-order valence-corrected chi connectivity index (χ3v) is 5.15. The Morgan fingerprint density at radius 1 is 1.12 bits per heavy atom. The van der Waals surface area contributed by atoms with E-state index in [0.29, 0.717) is 4.83 Å². The molecule has 1 aromatic rings. The molecule has 0 aromatic heterocycles. The van der Waals surface area contributed by atoms with E-state index < -0.39 is 0 Å². The summed E-state index contributed by atoms with van der Waals surface area (Å²) in [4.78, 5) is 0.717. The van der Waals surface area contributed by atoms with Gasteiger partial charge in [0, 0.05) is 9.30 Å². The summed E-state index contributed by atoms with van der Waals surface area (Å²) in [5, 5.41) is 0. The minimum Gasteiger partial charge on any atom is -0.0888 e. The van der Waals surface area contributed by atoms with Crippen molar-refractivity contribution >= 4 is 31.9 Å². The molecule has 0 radical (unpaired) electrons. The highest BCUT2D eigenvalue weighted by Gasteiger charge is 2.21. The standard InChI is InChI=1S/C14H18Br2/c15-13-7-4-5-11(10-13)9-12-6-2-1-3-8-14(12)16/h4-5,7,10,12,14H,1-3,6,8-9H2. The number of hydrogen-bond donors (Lipinski definition) is 0. The van der Waals surface area contributed by atoms with Crippen LogP contribution in [0.25, 0.3) is 0 Å². The summed E-state index contributed by atoms with van der Waals surface area (Å²) in [7, 11) is 0. The first-order valence-electron chi connectivity index (χ1n) is 6.14. The number of hydrogen-bond acceptors (Lipinski definition) is 0. The minimum atomic E-state index is 0.717. The van der Waals surface area contributed by atoms with Crippen molar-refractivity contribution in [3.05, 3.63) is 34.3 Å². The van der Waals surface area contributed by atoms with Gasteiger partial charge in [0.05, 0.1) is 0 Å². The maximum Gasteiger partial charge on any atom is 0.0177 e. The van der Waals surface area contributed by atoms with Crippen molar-refractivity contribution in [3.63, 3.8) is 0 Å². The predicted octanol–water partition coefficient (Wildman–Crippen LogP) is 5.34. The lowest BCUT2D eigenvalue weighted by Gasteiger charge is -2.20. The van der Waals surface area contributed by atoms with Gasteiger partial charge in [-0.25, -0.2) is 0 Å². The third-order valence-electron chi connectivity index (χ3n) is 3.45. The number of benzene rings is 1. The Labute approximate surface area is 115 Å². The summed E-state index contributed by atoms with van der Waals surface area (Å²) in [5.41, 5.74) is 1.46. The highest BCUT2D eigenvalue weighted by Crippen LogP contribution is 2.31. The first kappa shape index (κ1) is 12.6. The van der Waals surface area contributed by atoms with Crippen LogP contribution in [0.1, 0.15) is 37.7 Å². The van der Waals surface area contributed by atoms with Crippen LogP contribution in [0.5, 0.6) is 0 Å². The average Bonchev–Trinajstić information content (AvgIpc) is 2.45. The Balaban J connectivity index is 2.02. The molecule has 1 fully saturated rings. The van der Waals surface area contributed by atoms with Crippen molar-refractivity contribution in [2.75, 3.05) is 0 Å². The molecule has 16 heavy (non-hydrogen) atoms. The molecular formula is C14H18Br2. The van der Waals surface area contributed by atoms with Crippen molar-refractivity contribution in [2.24, 2.45) is 5.92 Å². The minimum absolute atomic E-state index is 0.717. The van der Waals surface area contributed by atoms with E-state index in [9.17, 15) is 0 Å². The molecule has 2 atom stereocenters. The van der Waals surface area contributed by atoms with Crippen LogP contribution >= 0.6 is 31.9 Å². The highest BCUT2D eigenvalue weighted by molar-refractivity contribution is 9.10. The molecule has 2 heteroatoms. The van der Waals surface area contributed by atoms with Gasteiger partial charge in [-0.05, 0) is 42.9 Å². The molecule has 0 amide bonds. The molecular weight excluding hydrogens is 328 g/mol. The molecule has 0 aliphatic heterocycles. The molecule has 2 unspecified atom stereocenters. The summed E-state index contributed by atoms with van der Waals surface area (Å²) < 4.78 is 1.20. The summed E-state index contributed by atoms with van der Waals surface area (Å²) in [6.07, 6.45) is 8.15. The van der Waals surface area contributed by atoms with E-state index in [-0.39, 0.29) is 0 Å². The van der Waals surface area contributed by atoms with Crippen molar-refractivity contribution < 1.29 is 0 Å². The monoisotopic (exact) mass is 344 g/mol. The fraction of sp³-hybridized carbons (Fsp3) is 0.571. The largest absolute Gasteiger partial charge is 0.0888 e. The van der Waals surface area contributed by atoms with Gasteiger partial charge < -0.3 is 0 Å². The van der Waals surface area contributed by atoms with Gasteiger partial charge in [-0.15, -0.1) is 0 Å². The Kier molecular flexibility index (Phi) is 4.90. The summed E-state index contributed by atoms with van der Waals surface area (Å²) in [5.74, 6) is 0.816. The molecule has 0 spiro atoms. The second-order valence-corrected chi connectivity index (χ2v) is 6.84. The van der Waals surface area contributed by atoms with E-state index >= 15 is 0 Å². The smallest absolute Gasteiger partial charge is 0.0177 e. The maximum atomic E-state index is 3.87. The lowest BCUT2D eigenvalue weighted by atomic mass is 9.92. The van der Waals surface area contributed by atoms with Gasteiger partial charge >= 0.3 is 0 Å². The van der Waals surface area contributed by atoms with E-state index in [2.05, 4.69) is 56.1 Å². The van der Waals surface area contributed by atoms with E-state index in [1.165, 1.54) is 48.6 Å². The van der Waals surface area contributed by atoms with Crippen LogP contribution in [0.15, 0.2) is 28.7 Å². The van der Waals surface area contributed by atoms with Crippen LogP contribution in [0.2, 0.25) is 0 Å². The molecule has 1 aromatic carbocycles. The van der Waals surface area contributed by atoms with Gasteiger partial charge in [-0.2, -0.15) is 0 Å². The fourth-order valence-corrected chi connectivity index (χ4v) is 3.76. The Morgan fingerprint density at radius 2 is 1.94 bits per heavy atom. The SMILES string of the molecule is Brc1cccc(CC2CCCCCC2Br)c1. The lowest BCUT2D eigenvalue weighted by Crippen LogP contribution is -2.15. The first-order valence-corrected chi connectivity index (χ1v) is 7.85. The van der Waals surface area contributed by atoms with E-state index in [0.717, 1.165) is 5.92 Å². The number of rotatable bonds is 2. The first-order chi connectivity index (χ1) is 7.75. The van der Waals surface area contributed by atoms with E-state index in [1.54, 1.807) is 0 Å². The van der Waals surface area contributed by atoms with Crippen molar-refractivity contribution in [3.8, 4) is 0 Å².